The van der Waals surface area contributed by atoms with E-state index in [2.05, 4.69) is 44.0 Å². The predicted molar refractivity (Wildman–Crippen MR) is 145 cm³/mol. The highest BCUT2D eigenvalue weighted by molar-refractivity contribution is 9.10. The van der Waals surface area contributed by atoms with Gasteiger partial charge in [-0.1, -0.05) is 58.4 Å². The standard InChI is InChI=1S/C28H22BrN5OS/c1-33-22-9-5-2-6-19(22)28(26(33)35)27(15-30,25-31-20-7-3-4-8-21(20)32-25)24(23-14-36-16-34(23)28)17-10-12-18(29)13-11-17/h2-13,23-24H,14,16H2,1H3,(H,31,32)/t23-,24-,27+,28-/m0/s1. The molecule has 0 saturated carbocycles. The van der Waals surface area contributed by atoms with E-state index < -0.39 is 11.0 Å². The lowest BCUT2D eigenvalue weighted by Crippen LogP contribution is -2.59. The lowest BCUT2D eigenvalue weighted by Gasteiger charge is -2.42. The molecule has 1 aromatic heterocycles. The number of likely N-dealkylation sites (N-methyl/N-ethyl adjacent to an activating group) is 1. The molecule has 3 aromatic carbocycles. The van der Waals surface area contributed by atoms with Crippen molar-refractivity contribution in [2.45, 2.75) is 22.9 Å². The first kappa shape index (κ1) is 22.1. The van der Waals surface area contributed by atoms with Crippen molar-refractivity contribution in [2.24, 2.45) is 0 Å². The molecule has 2 saturated heterocycles. The molecule has 178 valence electrons. The number of H-pyrrole nitrogens is 1. The molecule has 0 bridgehead atoms. The van der Waals surface area contributed by atoms with Crippen molar-refractivity contribution in [1.82, 2.24) is 14.9 Å². The summed E-state index contributed by atoms with van der Waals surface area (Å²) in [6.07, 6.45) is 0. The quantitative estimate of drug-likeness (QED) is 0.371. The number of nitriles is 1. The van der Waals surface area contributed by atoms with Gasteiger partial charge in [0, 0.05) is 46.4 Å². The number of hydrogen-bond donors (Lipinski definition) is 1. The zero-order valence-electron chi connectivity index (χ0n) is 19.5. The van der Waals surface area contributed by atoms with E-state index in [1.165, 1.54) is 0 Å². The number of carbonyl (C=O) groups excluding carboxylic acids is 1. The first-order valence-electron chi connectivity index (χ1n) is 11.9. The van der Waals surface area contributed by atoms with Crippen molar-refractivity contribution in [2.75, 3.05) is 23.6 Å². The van der Waals surface area contributed by atoms with Crippen molar-refractivity contribution >= 4 is 50.3 Å². The van der Waals surface area contributed by atoms with Crippen LogP contribution >= 0.6 is 27.7 Å². The number of anilines is 1. The number of benzene rings is 3. The molecule has 1 amide bonds. The van der Waals surface area contributed by atoms with Gasteiger partial charge in [-0.15, -0.1) is 11.8 Å². The number of amides is 1. The Labute approximate surface area is 221 Å². The monoisotopic (exact) mass is 555 g/mol. The summed E-state index contributed by atoms with van der Waals surface area (Å²) in [6, 6.07) is 26.7. The van der Waals surface area contributed by atoms with Gasteiger partial charge in [0.15, 0.2) is 11.0 Å². The molecule has 8 heteroatoms. The Hall–Kier alpha value is -3.12. The van der Waals surface area contributed by atoms with Gasteiger partial charge in [-0.2, -0.15) is 5.26 Å². The summed E-state index contributed by atoms with van der Waals surface area (Å²) in [5, 5.41) is 11.4. The summed E-state index contributed by atoms with van der Waals surface area (Å²) in [4.78, 5) is 27.1. The highest BCUT2D eigenvalue weighted by Gasteiger charge is 2.78. The molecular weight excluding hydrogens is 534 g/mol. The van der Waals surface area contributed by atoms with Gasteiger partial charge in [-0.3, -0.25) is 9.69 Å². The first-order valence-corrected chi connectivity index (χ1v) is 13.8. The van der Waals surface area contributed by atoms with Gasteiger partial charge in [-0.05, 0) is 35.9 Å². The molecule has 6 nitrogen and oxygen atoms in total. The average molecular weight is 556 g/mol. The third-order valence-corrected chi connectivity index (χ3v) is 9.78. The Morgan fingerprint density at radius 1 is 1.11 bits per heavy atom. The number of imidazole rings is 1. The summed E-state index contributed by atoms with van der Waals surface area (Å²) < 4.78 is 0.977. The summed E-state index contributed by atoms with van der Waals surface area (Å²) in [5.41, 5.74) is 1.95. The highest BCUT2D eigenvalue weighted by atomic mass is 79.9. The number of hydrogen-bond acceptors (Lipinski definition) is 5. The van der Waals surface area contributed by atoms with E-state index in [-0.39, 0.29) is 17.9 Å². The molecule has 3 aliphatic rings. The Kier molecular flexibility index (Phi) is 4.72. The van der Waals surface area contributed by atoms with Crippen molar-refractivity contribution < 1.29 is 4.79 Å². The van der Waals surface area contributed by atoms with E-state index in [1.54, 1.807) is 4.90 Å². The SMILES string of the molecule is CN1C(=O)[C@]2(c3ccccc31)N1CSC[C@H]1[C@H](c1ccc(Br)cc1)[C@]2(C#N)c1nc2ccccc2[nH]1. The maximum atomic E-state index is 14.6. The van der Waals surface area contributed by atoms with Crippen LogP contribution in [0.4, 0.5) is 5.69 Å². The number of thioether (sulfide) groups is 1. The van der Waals surface area contributed by atoms with Crippen LogP contribution in [0.5, 0.6) is 0 Å². The maximum absolute atomic E-state index is 14.6. The highest BCUT2D eigenvalue weighted by Crippen LogP contribution is 2.67. The van der Waals surface area contributed by atoms with Crippen LogP contribution in [0, 0.1) is 11.3 Å². The fourth-order valence-corrected chi connectivity index (χ4v) is 8.39. The van der Waals surface area contributed by atoms with Crippen molar-refractivity contribution in [3.05, 3.63) is 94.2 Å². The summed E-state index contributed by atoms with van der Waals surface area (Å²) >= 11 is 5.39. The molecule has 7 rings (SSSR count). The minimum Gasteiger partial charge on any atom is -0.341 e. The van der Waals surface area contributed by atoms with Gasteiger partial charge in [0.1, 0.15) is 5.82 Å². The summed E-state index contributed by atoms with van der Waals surface area (Å²) in [7, 11) is 1.82. The number of fused-ring (bicyclic) bond motifs is 5. The second-order valence-electron chi connectivity index (χ2n) is 9.68. The van der Waals surface area contributed by atoms with E-state index in [0.29, 0.717) is 11.7 Å². The van der Waals surface area contributed by atoms with Gasteiger partial charge in [0.05, 0.1) is 17.1 Å². The van der Waals surface area contributed by atoms with E-state index in [4.69, 9.17) is 4.98 Å². The van der Waals surface area contributed by atoms with Gasteiger partial charge < -0.3 is 9.88 Å². The second-order valence-corrected chi connectivity index (χ2v) is 11.6. The first-order chi connectivity index (χ1) is 17.5. The Morgan fingerprint density at radius 3 is 2.64 bits per heavy atom. The van der Waals surface area contributed by atoms with Crippen LogP contribution in [0.3, 0.4) is 0 Å². The van der Waals surface area contributed by atoms with Gasteiger partial charge in [0.25, 0.3) is 5.91 Å². The van der Waals surface area contributed by atoms with E-state index >= 15 is 0 Å². The van der Waals surface area contributed by atoms with Gasteiger partial charge >= 0.3 is 0 Å². The number of halogens is 1. The molecule has 36 heavy (non-hydrogen) atoms. The molecule has 3 aliphatic heterocycles. The molecule has 4 atom stereocenters. The minimum atomic E-state index is -1.27. The summed E-state index contributed by atoms with van der Waals surface area (Å²) in [6.45, 7) is 0. The lowest BCUT2D eigenvalue weighted by molar-refractivity contribution is -0.130. The van der Waals surface area contributed by atoms with Crippen LogP contribution < -0.4 is 4.90 Å². The second kappa shape index (κ2) is 7.69. The lowest BCUT2D eigenvalue weighted by atomic mass is 9.60. The topological polar surface area (TPSA) is 76.0 Å². The Morgan fingerprint density at radius 2 is 1.86 bits per heavy atom. The van der Waals surface area contributed by atoms with Crippen molar-refractivity contribution in [3.8, 4) is 6.07 Å². The number of nitrogens with zero attached hydrogens (tertiary/aromatic N) is 4. The normalized spacial score (nSPS) is 29.1. The largest absolute Gasteiger partial charge is 0.341 e. The van der Waals surface area contributed by atoms with Gasteiger partial charge in [-0.25, -0.2) is 4.98 Å². The number of aromatic amines is 1. The number of carbonyl (C=O) groups is 1. The molecule has 4 aromatic rings. The smallest absolute Gasteiger partial charge is 0.254 e. The van der Waals surface area contributed by atoms with E-state index in [0.717, 1.165) is 38.1 Å². The zero-order valence-corrected chi connectivity index (χ0v) is 21.9. The minimum absolute atomic E-state index is 0.00690. The number of para-hydroxylation sites is 3. The average Bonchev–Trinajstić information content (AvgIpc) is 3.64. The molecule has 1 N–H and O–H groups in total. The Bertz CT molecular complexity index is 1550. The fourth-order valence-electron chi connectivity index (χ4n) is 6.82. The summed E-state index contributed by atoms with van der Waals surface area (Å²) in [5.74, 6) is 1.73. The molecule has 0 radical (unpaired) electrons. The number of aromatic nitrogens is 2. The van der Waals surface area contributed by atoms with Crippen LogP contribution in [0.1, 0.15) is 22.9 Å². The molecule has 2 fully saturated rings. The third kappa shape index (κ3) is 2.51. The maximum Gasteiger partial charge on any atom is 0.254 e. The van der Waals surface area contributed by atoms with Crippen LogP contribution in [-0.2, 0) is 15.7 Å². The van der Waals surface area contributed by atoms with Gasteiger partial charge in [0.2, 0.25) is 0 Å². The molecule has 0 aliphatic carbocycles. The molecular formula is C28H22BrN5OS. The molecule has 1 spiro atoms. The molecule has 0 unspecified atom stereocenters. The van der Waals surface area contributed by atoms with Crippen LogP contribution in [0.15, 0.2) is 77.3 Å². The predicted octanol–water partition coefficient (Wildman–Crippen LogP) is 5.13. The van der Waals surface area contributed by atoms with Crippen LogP contribution in [0.2, 0.25) is 0 Å². The fraction of sp³-hybridized carbons (Fsp3) is 0.250. The van der Waals surface area contributed by atoms with Crippen LogP contribution in [0.25, 0.3) is 11.0 Å². The molecule has 4 heterocycles. The van der Waals surface area contributed by atoms with Crippen molar-refractivity contribution in [3.63, 3.8) is 0 Å². The third-order valence-electron chi connectivity index (χ3n) is 8.21. The number of nitrogens with one attached hydrogen (secondary N) is 1. The van der Waals surface area contributed by atoms with E-state index in [1.807, 2.05) is 79.5 Å². The Balaban J connectivity index is 1.63. The zero-order chi connectivity index (χ0) is 24.7. The van der Waals surface area contributed by atoms with E-state index in [9.17, 15) is 10.1 Å². The van der Waals surface area contributed by atoms with Crippen molar-refractivity contribution in [1.29, 1.82) is 5.26 Å². The van der Waals surface area contributed by atoms with Crippen LogP contribution in [-0.4, -0.2) is 45.5 Å². The number of rotatable bonds is 2.